The van der Waals surface area contributed by atoms with Gasteiger partial charge < -0.3 is 10.5 Å². The highest BCUT2D eigenvalue weighted by atomic mass is 16.6. The third kappa shape index (κ3) is 3.23. The fourth-order valence-electron chi connectivity index (χ4n) is 1.57. The predicted molar refractivity (Wildman–Crippen MR) is 67.4 cm³/mol. The van der Waals surface area contributed by atoms with Crippen LogP contribution in [0.1, 0.15) is 11.1 Å². The fraction of sp³-hybridized carbons (Fsp3) is 0.167. The van der Waals surface area contributed by atoms with Crippen molar-refractivity contribution in [1.29, 1.82) is 0 Å². The normalized spacial score (nSPS) is 11.2. The van der Waals surface area contributed by atoms with Gasteiger partial charge in [0.05, 0.1) is 4.92 Å². The SMILES string of the molecule is NCc1cc2ccc1CO2.O=[N+]([O-])c1cncnc1. The zero-order valence-electron chi connectivity index (χ0n) is 10.0. The van der Waals surface area contributed by atoms with E-state index >= 15 is 0 Å². The summed E-state index contributed by atoms with van der Waals surface area (Å²) in [5.74, 6) is 0.940. The molecule has 2 bridgehead atoms. The molecule has 7 heteroatoms. The maximum Gasteiger partial charge on any atom is 0.305 e. The second-order valence-electron chi connectivity index (χ2n) is 3.78. The second-order valence-corrected chi connectivity index (χ2v) is 3.78. The molecule has 0 amide bonds. The first-order valence-corrected chi connectivity index (χ1v) is 5.55. The predicted octanol–water partition coefficient (Wildman–Crippen LogP) is 1.42. The Hall–Kier alpha value is -2.54. The number of nitrogens with zero attached hydrogens (tertiary/aromatic N) is 3. The van der Waals surface area contributed by atoms with Crippen molar-refractivity contribution in [3.8, 4) is 5.75 Å². The summed E-state index contributed by atoms with van der Waals surface area (Å²) in [6, 6.07) is 6.04. The van der Waals surface area contributed by atoms with Crippen molar-refractivity contribution in [2.45, 2.75) is 13.2 Å². The Morgan fingerprint density at radius 1 is 1.37 bits per heavy atom. The Bertz CT molecular complexity index is 574. The molecular weight excluding hydrogens is 248 g/mol. The van der Waals surface area contributed by atoms with E-state index in [-0.39, 0.29) is 5.69 Å². The van der Waals surface area contributed by atoms with Gasteiger partial charge in [-0.25, -0.2) is 9.97 Å². The van der Waals surface area contributed by atoms with Gasteiger partial charge in [0.15, 0.2) is 0 Å². The molecule has 0 atom stereocenters. The number of ether oxygens (including phenoxy) is 1. The van der Waals surface area contributed by atoms with Crippen LogP contribution in [0.3, 0.4) is 0 Å². The first kappa shape index (κ1) is 12.9. The van der Waals surface area contributed by atoms with Crippen LogP contribution < -0.4 is 10.5 Å². The smallest absolute Gasteiger partial charge is 0.305 e. The van der Waals surface area contributed by atoms with E-state index in [0.29, 0.717) is 13.2 Å². The van der Waals surface area contributed by atoms with E-state index < -0.39 is 4.92 Å². The lowest BCUT2D eigenvalue weighted by Gasteiger charge is -2.17. The molecule has 0 saturated heterocycles. The van der Waals surface area contributed by atoms with Gasteiger partial charge in [-0.05, 0) is 23.3 Å². The lowest BCUT2D eigenvalue weighted by Crippen LogP contribution is -2.09. The topological polar surface area (TPSA) is 104 Å². The van der Waals surface area contributed by atoms with Crippen LogP contribution in [0, 0.1) is 10.1 Å². The number of hydrogen-bond acceptors (Lipinski definition) is 6. The summed E-state index contributed by atoms with van der Waals surface area (Å²) in [6.45, 7) is 1.32. The fourth-order valence-corrected chi connectivity index (χ4v) is 1.57. The zero-order valence-corrected chi connectivity index (χ0v) is 10.0. The molecule has 0 radical (unpaired) electrons. The average molecular weight is 260 g/mol. The summed E-state index contributed by atoms with van der Waals surface area (Å²) in [5, 5.41) is 9.93. The van der Waals surface area contributed by atoms with Gasteiger partial charge in [0.1, 0.15) is 31.1 Å². The molecule has 7 nitrogen and oxygen atoms in total. The minimum atomic E-state index is -0.542. The number of nitro groups is 1. The molecule has 0 fully saturated rings. The van der Waals surface area contributed by atoms with Gasteiger partial charge in [-0.15, -0.1) is 0 Å². The standard InChI is InChI=1S/C8H9NO.C4H3N3O2/c9-4-7-3-8-2-1-6(7)5-10-8;8-7(9)4-1-5-3-6-2-4/h1-3H,4-5,9H2;1-3H. The van der Waals surface area contributed by atoms with Crippen molar-refractivity contribution in [3.63, 3.8) is 0 Å². The van der Waals surface area contributed by atoms with E-state index in [1.54, 1.807) is 0 Å². The molecule has 0 spiro atoms. The second kappa shape index (κ2) is 5.87. The number of rotatable bonds is 2. The molecule has 2 aliphatic heterocycles. The Labute approximate surface area is 109 Å². The highest BCUT2D eigenvalue weighted by Gasteiger charge is 2.09. The van der Waals surface area contributed by atoms with Crippen LogP contribution in [0.25, 0.3) is 0 Å². The summed E-state index contributed by atoms with van der Waals surface area (Å²) >= 11 is 0. The lowest BCUT2D eigenvalue weighted by molar-refractivity contribution is -0.385. The summed E-state index contributed by atoms with van der Waals surface area (Å²) in [5.41, 5.74) is 7.84. The highest BCUT2D eigenvalue weighted by Crippen LogP contribution is 2.24. The van der Waals surface area contributed by atoms with Crippen molar-refractivity contribution in [2.75, 3.05) is 0 Å². The molecule has 0 saturated carbocycles. The number of nitrogens with two attached hydrogens (primary N) is 1. The van der Waals surface area contributed by atoms with E-state index in [9.17, 15) is 10.1 Å². The van der Waals surface area contributed by atoms with E-state index in [1.807, 2.05) is 12.1 Å². The zero-order chi connectivity index (χ0) is 13.7. The van der Waals surface area contributed by atoms with Crippen LogP contribution in [0.4, 0.5) is 5.69 Å². The van der Waals surface area contributed by atoms with Crippen LogP contribution in [-0.4, -0.2) is 14.9 Å². The summed E-state index contributed by atoms with van der Waals surface area (Å²) in [7, 11) is 0. The number of fused-ring (bicyclic) bond motifs is 3. The van der Waals surface area contributed by atoms with Crippen LogP contribution in [-0.2, 0) is 13.2 Å². The first-order valence-electron chi connectivity index (χ1n) is 5.55. The Morgan fingerprint density at radius 3 is 2.42 bits per heavy atom. The highest BCUT2D eigenvalue weighted by molar-refractivity contribution is 5.38. The Kier molecular flexibility index (Phi) is 3.99. The molecule has 0 aliphatic carbocycles. The minimum absolute atomic E-state index is 0.0856. The maximum atomic E-state index is 9.93. The Morgan fingerprint density at radius 2 is 2.11 bits per heavy atom. The van der Waals surface area contributed by atoms with Gasteiger partial charge >= 0.3 is 5.69 Å². The number of aromatic nitrogens is 2. The molecule has 4 rings (SSSR count). The van der Waals surface area contributed by atoms with Crippen molar-refractivity contribution < 1.29 is 9.66 Å². The molecular formula is C12H12N4O3. The molecule has 2 aromatic rings. The molecule has 98 valence electrons. The van der Waals surface area contributed by atoms with Gasteiger partial charge in [0.2, 0.25) is 0 Å². The lowest BCUT2D eigenvalue weighted by atomic mass is 10.1. The largest absolute Gasteiger partial charge is 0.489 e. The summed E-state index contributed by atoms with van der Waals surface area (Å²) in [6.07, 6.45) is 3.53. The van der Waals surface area contributed by atoms with Gasteiger partial charge in [0.25, 0.3) is 0 Å². The third-order valence-corrected chi connectivity index (χ3v) is 2.55. The molecule has 1 aromatic heterocycles. The van der Waals surface area contributed by atoms with Crippen molar-refractivity contribution >= 4 is 5.69 Å². The van der Waals surface area contributed by atoms with Gasteiger partial charge in [-0.2, -0.15) is 0 Å². The molecule has 3 heterocycles. The van der Waals surface area contributed by atoms with E-state index in [1.165, 1.54) is 17.5 Å². The molecule has 1 aromatic carbocycles. The molecule has 2 aliphatic rings. The van der Waals surface area contributed by atoms with Crippen LogP contribution in [0.15, 0.2) is 36.9 Å². The van der Waals surface area contributed by atoms with Gasteiger partial charge in [-0.3, -0.25) is 10.1 Å². The van der Waals surface area contributed by atoms with Gasteiger partial charge in [0, 0.05) is 6.54 Å². The summed E-state index contributed by atoms with van der Waals surface area (Å²) < 4.78 is 5.27. The maximum absolute atomic E-state index is 9.93. The van der Waals surface area contributed by atoms with Crippen molar-refractivity contribution in [3.05, 3.63) is 58.2 Å². The van der Waals surface area contributed by atoms with E-state index in [2.05, 4.69) is 16.0 Å². The quantitative estimate of drug-likeness (QED) is 0.646. The van der Waals surface area contributed by atoms with Crippen LogP contribution in [0.5, 0.6) is 5.75 Å². The van der Waals surface area contributed by atoms with E-state index in [4.69, 9.17) is 10.5 Å². The van der Waals surface area contributed by atoms with Crippen LogP contribution >= 0.6 is 0 Å². The van der Waals surface area contributed by atoms with E-state index in [0.717, 1.165) is 18.1 Å². The minimum Gasteiger partial charge on any atom is -0.489 e. The molecule has 2 N–H and O–H groups in total. The monoisotopic (exact) mass is 260 g/mol. The average Bonchev–Trinajstić information content (AvgIpc) is 2.50. The van der Waals surface area contributed by atoms with Crippen molar-refractivity contribution in [1.82, 2.24) is 9.97 Å². The Balaban J connectivity index is 0.000000141. The van der Waals surface area contributed by atoms with Crippen molar-refractivity contribution in [2.24, 2.45) is 5.73 Å². The van der Waals surface area contributed by atoms with Gasteiger partial charge in [-0.1, -0.05) is 6.07 Å². The third-order valence-electron chi connectivity index (χ3n) is 2.55. The first-order chi connectivity index (χ1) is 9.20. The number of benzene rings is 1. The van der Waals surface area contributed by atoms with Crippen LogP contribution in [0.2, 0.25) is 0 Å². The molecule has 19 heavy (non-hydrogen) atoms. The molecule has 0 unspecified atom stereocenters. The summed E-state index contributed by atoms with van der Waals surface area (Å²) in [4.78, 5) is 16.3. The number of hydrogen-bond donors (Lipinski definition) is 1.